The Morgan fingerprint density at radius 2 is 1.62 bits per heavy atom. The van der Waals surface area contributed by atoms with Crippen LogP contribution in [-0.4, -0.2) is 30.8 Å². The van der Waals surface area contributed by atoms with Gasteiger partial charge in [0.05, 0.1) is 10.4 Å². The summed E-state index contributed by atoms with van der Waals surface area (Å²) in [7, 11) is -3.84. The van der Waals surface area contributed by atoms with Crippen molar-refractivity contribution in [3.63, 3.8) is 0 Å². The number of para-hydroxylation sites is 1. The van der Waals surface area contributed by atoms with Gasteiger partial charge in [-0.15, -0.1) is 0 Å². The maximum absolute atomic E-state index is 13.3. The summed E-state index contributed by atoms with van der Waals surface area (Å²) in [6, 6.07) is 19.6. The molecule has 0 N–H and O–H groups in total. The zero-order chi connectivity index (χ0) is 20.0. The van der Waals surface area contributed by atoms with Gasteiger partial charge in [0, 0.05) is 10.9 Å². The summed E-state index contributed by atoms with van der Waals surface area (Å²) in [5.74, 6) is 1.31. The zero-order valence-electron chi connectivity index (χ0n) is 15.7. The zero-order valence-corrected chi connectivity index (χ0v) is 16.5. The van der Waals surface area contributed by atoms with Crippen molar-refractivity contribution in [1.82, 2.24) is 9.19 Å². The molecule has 1 aromatic heterocycles. The van der Waals surface area contributed by atoms with Gasteiger partial charge in [-0.3, -0.25) is 0 Å². The number of ether oxygens (including phenoxy) is 2. The molecule has 0 spiro atoms. The Bertz CT molecular complexity index is 1320. The van der Waals surface area contributed by atoms with Crippen LogP contribution >= 0.6 is 0 Å². The Labute approximate surface area is 168 Å². The molecule has 0 atom stereocenters. The minimum Gasteiger partial charge on any atom is -0.486 e. The van der Waals surface area contributed by atoms with Crippen LogP contribution in [0, 0.1) is 6.92 Å². The molecule has 0 fully saturated rings. The number of fused-ring (bicyclic) bond motifs is 2. The van der Waals surface area contributed by atoms with Crippen LogP contribution in [0.25, 0.3) is 22.2 Å². The fourth-order valence-corrected chi connectivity index (χ4v) is 4.72. The molecule has 4 aromatic rings. The lowest BCUT2D eigenvalue weighted by Crippen LogP contribution is -2.15. The molecule has 146 valence electrons. The molecule has 0 amide bonds. The molecule has 0 saturated carbocycles. The van der Waals surface area contributed by atoms with Gasteiger partial charge in [0.1, 0.15) is 18.9 Å². The number of rotatable bonds is 3. The summed E-state index contributed by atoms with van der Waals surface area (Å²) in [5.41, 5.74) is 2.86. The van der Waals surface area contributed by atoms with Crippen LogP contribution < -0.4 is 9.47 Å². The van der Waals surface area contributed by atoms with Crippen molar-refractivity contribution in [2.75, 3.05) is 13.2 Å². The first-order chi connectivity index (χ1) is 14.0. The average Bonchev–Trinajstić information content (AvgIpc) is 3.14. The molecular weight excluding hydrogens is 388 g/mol. The lowest BCUT2D eigenvalue weighted by Gasteiger charge is -2.18. The quantitative estimate of drug-likeness (QED) is 0.514. The van der Waals surface area contributed by atoms with Gasteiger partial charge in [-0.1, -0.05) is 35.9 Å². The number of hydrogen-bond acceptors (Lipinski definition) is 5. The summed E-state index contributed by atoms with van der Waals surface area (Å²) < 4.78 is 39.0. The molecule has 1 aliphatic heterocycles. The minimum absolute atomic E-state index is 0.199. The van der Waals surface area contributed by atoms with Crippen molar-refractivity contribution >= 4 is 20.9 Å². The van der Waals surface area contributed by atoms with Gasteiger partial charge < -0.3 is 9.47 Å². The SMILES string of the molecule is Cc1ccc(S(=O)(=O)n2nc(-c3ccc4c(c3)OCCO4)c3ccccc32)cc1. The van der Waals surface area contributed by atoms with Crippen LogP contribution in [-0.2, 0) is 10.0 Å². The molecule has 6 nitrogen and oxygen atoms in total. The molecule has 0 aliphatic carbocycles. The van der Waals surface area contributed by atoms with Gasteiger partial charge in [0.2, 0.25) is 0 Å². The third kappa shape index (κ3) is 2.94. The first-order valence-corrected chi connectivity index (χ1v) is 10.7. The molecule has 3 aromatic carbocycles. The number of benzene rings is 3. The minimum atomic E-state index is -3.84. The van der Waals surface area contributed by atoms with Crippen LogP contribution in [0.4, 0.5) is 0 Å². The third-order valence-electron chi connectivity index (χ3n) is 4.92. The molecule has 2 heterocycles. The van der Waals surface area contributed by atoms with Crippen LogP contribution in [0.1, 0.15) is 5.56 Å². The highest BCUT2D eigenvalue weighted by Crippen LogP contribution is 2.37. The summed E-state index contributed by atoms with van der Waals surface area (Å²) in [4.78, 5) is 0.199. The smallest absolute Gasteiger partial charge is 0.283 e. The lowest BCUT2D eigenvalue weighted by molar-refractivity contribution is 0.171. The third-order valence-corrected chi connectivity index (χ3v) is 6.52. The predicted octanol–water partition coefficient (Wildman–Crippen LogP) is 4.02. The summed E-state index contributed by atoms with van der Waals surface area (Å²) in [5, 5.41) is 5.26. The van der Waals surface area contributed by atoms with Crippen molar-refractivity contribution in [1.29, 1.82) is 0 Å². The van der Waals surface area contributed by atoms with Gasteiger partial charge in [-0.05, 0) is 43.3 Å². The van der Waals surface area contributed by atoms with E-state index in [1.54, 1.807) is 36.4 Å². The van der Waals surface area contributed by atoms with Crippen LogP contribution in [0.3, 0.4) is 0 Å². The van der Waals surface area contributed by atoms with E-state index in [4.69, 9.17) is 9.47 Å². The molecule has 7 heteroatoms. The molecule has 0 bridgehead atoms. The normalized spacial score (nSPS) is 13.6. The van der Waals surface area contributed by atoms with Gasteiger partial charge in [0.15, 0.2) is 11.5 Å². The Balaban J connectivity index is 1.71. The number of aryl methyl sites for hydroxylation is 1. The Kier molecular flexibility index (Phi) is 4.06. The molecule has 29 heavy (non-hydrogen) atoms. The maximum Gasteiger partial charge on any atom is 0.283 e. The second kappa shape index (κ2) is 6.63. The average molecular weight is 406 g/mol. The highest BCUT2D eigenvalue weighted by Gasteiger charge is 2.24. The largest absolute Gasteiger partial charge is 0.486 e. The predicted molar refractivity (Wildman–Crippen MR) is 110 cm³/mol. The Morgan fingerprint density at radius 3 is 2.41 bits per heavy atom. The van der Waals surface area contributed by atoms with Crippen molar-refractivity contribution in [3.05, 3.63) is 72.3 Å². The second-order valence-corrected chi connectivity index (χ2v) is 8.65. The molecule has 0 radical (unpaired) electrons. The van der Waals surface area contributed by atoms with Crippen LogP contribution in [0.15, 0.2) is 71.6 Å². The van der Waals surface area contributed by atoms with E-state index in [2.05, 4.69) is 5.10 Å². The van der Waals surface area contributed by atoms with E-state index in [1.807, 2.05) is 37.3 Å². The van der Waals surface area contributed by atoms with Crippen molar-refractivity contribution in [3.8, 4) is 22.8 Å². The fourth-order valence-electron chi connectivity index (χ4n) is 3.44. The number of nitrogens with zero attached hydrogens (tertiary/aromatic N) is 2. The maximum atomic E-state index is 13.3. The van der Waals surface area contributed by atoms with Crippen molar-refractivity contribution in [2.24, 2.45) is 0 Å². The summed E-state index contributed by atoms with van der Waals surface area (Å²) in [6.07, 6.45) is 0. The van der Waals surface area contributed by atoms with Crippen LogP contribution in [0.2, 0.25) is 0 Å². The monoisotopic (exact) mass is 406 g/mol. The molecule has 0 saturated heterocycles. The fraction of sp³-hybridized carbons (Fsp3) is 0.136. The van der Waals surface area contributed by atoms with E-state index in [0.717, 1.165) is 20.6 Å². The molecule has 0 unspecified atom stereocenters. The topological polar surface area (TPSA) is 70.4 Å². The van der Waals surface area contributed by atoms with E-state index in [9.17, 15) is 8.42 Å². The lowest BCUT2D eigenvalue weighted by atomic mass is 10.1. The molecular formula is C22H18N2O4S. The number of aromatic nitrogens is 2. The van der Waals surface area contributed by atoms with E-state index < -0.39 is 10.0 Å². The summed E-state index contributed by atoms with van der Waals surface area (Å²) in [6.45, 7) is 2.91. The second-order valence-electron chi connectivity index (χ2n) is 6.89. The number of hydrogen-bond donors (Lipinski definition) is 0. The van der Waals surface area contributed by atoms with E-state index in [-0.39, 0.29) is 4.90 Å². The Hall–Kier alpha value is -3.32. The highest BCUT2D eigenvalue weighted by molar-refractivity contribution is 7.90. The van der Waals surface area contributed by atoms with E-state index >= 15 is 0 Å². The Morgan fingerprint density at radius 1 is 0.897 bits per heavy atom. The van der Waals surface area contributed by atoms with Crippen molar-refractivity contribution in [2.45, 2.75) is 11.8 Å². The van der Waals surface area contributed by atoms with Gasteiger partial charge in [-0.25, -0.2) is 0 Å². The van der Waals surface area contributed by atoms with E-state index in [0.29, 0.717) is 35.9 Å². The van der Waals surface area contributed by atoms with Gasteiger partial charge in [-0.2, -0.15) is 17.6 Å². The van der Waals surface area contributed by atoms with E-state index in [1.165, 1.54) is 0 Å². The van der Waals surface area contributed by atoms with Gasteiger partial charge >= 0.3 is 0 Å². The summed E-state index contributed by atoms with van der Waals surface area (Å²) >= 11 is 0. The highest BCUT2D eigenvalue weighted by atomic mass is 32.2. The standard InChI is InChI=1S/C22H18N2O4S/c1-15-6-9-17(10-7-15)29(25,26)24-19-5-3-2-4-18(19)22(23-24)16-8-11-20-21(14-16)28-13-12-27-20/h2-11,14H,12-13H2,1H3. The van der Waals surface area contributed by atoms with Gasteiger partial charge in [0.25, 0.3) is 10.0 Å². The van der Waals surface area contributed by atoms with Crippen molar-refractivity contribution < 1.29 is 17.9 Å². The molecule has 5 rings (SSSR count). The first kappa shape index (κ1) is 17.8. The molecule has 1 aliphatic rings. The first-order valence-electron chi connectivity index (χ1n) is 9.24. The van der Waals surface area contributed by atoms with Crippen LogP contribution in [0.5, 0.6) is 11.5 Å².